The van der Waals surface area contributed by atoms with Gasteiger partial charge in [-0.25, -0.2) is 0 Å². The molecule has 3 rings (SSSR count). The average molecular weight is 356 g/mol. The van der Waals surface area contributed by atoms with E-state index in [1.807, 2.05) is 0 Å². The molecule has 0 saturated carbocycles. The number of hydrazone groups is 1. The Morgan fingerprint density at radius 1 is 1.08 bits per heavy atom. The lowest BCUT2D eigenvalue weighted by molar-refractivity contribution is -0.385. The number of rotatable bonds is 4. The SMILES string of the molecule is CC(=O)N1N=C(c2ccc([N+](=O)[O-])cc2)O[C@H]1c1cccc([N+](=O)[O-])c1. The van der Waals surface area contributed by atoms with Crippen molar-refractivity contribution in [3.63, 3.8) is 0 Å². The molecule has 1 aliphatic heterocycles. The van der Waals surface area contributed by atoms with E-state index in [2.05, 4.69) is 5.10 Å². The summed E-state index contributed by atoms with van der Waals surface area (Å²) in [6, 6.07) is 11.2. The summed E-state index contributed by atoms with van der Waals surface area (Å²) in [6.07, 6.45) is -0.961. The minimum Gasteiger partial charge on any atom is -0.446 e. The minimum absolute atomic E-state index is 0.0894. The van der Waals surface area contributed by atoms with Crippen molar-refractivity contribution >= 4 is 23.2 Å². The van der Waals surface area contributed by atoms with E-state index in [4.69, 9.17) is 4.74 Å². The fourth-order valence-corrected chi connectivity index (χ4v) is 2.42. The fourth-order valence-electron chi connectivity index (χ4n) is 2.42. The van der Waals surface area contributed by atoms with Crippen LogP contribution in [0.1, 0.15) is 24.3 Å². The molecule has 1 heterocycles. The second-order valence-corrected chi connectivity index (χ2v) is 5.40. The number of nitrogens with zero attached hydrogens (tertiary/aromatic N) is 4. The maximum atomic E-state index is 11.9. The van der Waals surface area contributed by atoms with Crippen LogP contribution in [0.3, 0.4) is 0 Å². The summed E-state index contributed by atoms with van der Waals surface area (Å²) in [4.78, 5) is 32.5. The fraction of sp³-hybridized carbons (Fsp3) is 0.125. The van der Waals surface area contributed by atoms with Crippen LogP contribution in [-0.2, 0) is 9.53 Å². The van der Waals surface area contributed by atoms with Gasteiger partial charge in [0.15, 0.2) is 0 Å². The van der Waals surface area contributed by atoms with Crippen molar-refractivity contribution in [2.24, 2.45) is 5.10 Å². The van der Waals surface area contributed by atoms with Gasteiger partial charge in [-0.2, -0.15) is 5.01 Å². The summed E-state index contributed by atoms with van der Waals surface area (Å²) in [5.41, 5.74) is 0.592. The van der Waals surface area contributed by atoms with Crippen molar-refractivity contribution in [2.75, 3.05) is 0 Å². The van der Waals surface area contributed by atoms with Crippen molar-refractivity contribution < 1.29 is 19.4 Å². The van der Waals surface area contributed by atoms with Gasteiger partial charge in [0, 0.05) is 42.3 Å². The van der Waals surface area contributed by atoms with Crippen LogP contribution in [0.5, 0.6) is 0 Å². The molecule has 0 fully saturated rings. The number of hydrogen-bond donors (Lipinski definition) is 0. The lowest BCUT2D eigenvalue weighted by Crippen LogP contribution is -2.25. The lowest BCUT2D eigenvalue weighted by atomic mass is 10.1. The van der Waals surface area contributed by atoms with Crippen LogP contribution in [-0.4, -0.2) is 26.7 Å². The Morgan fingerprint density at radius 2 is 1.73 bits per heavy atom. The van der Waals surface area contributed by atoms with E-state index in [9.17, 15) is 25.0 Å². The second-order valence-electron chi connectivity index (χ2n) is 5.40. The predicted molar refractivity (Wildman–Crippen MR) is 89.1 cm³/mol. The standard InChI is InChI=1S/C16H12N4O6/c1-10(21)18-16(12-3-2-4-14(9-12)20(24)25)26-15(17-18)11-5-7-13(8-6-11)19(22)23/h2-9,16H,1H3/t16-/m0/s1. The molecule has 0 aromatic heterocycles. The van der Waals surface area contributed by atoms with Crippen LogP contribution >= 0.6 is 0 Å². The number of nitro benzene ring substituents is 2. The maximum absolute atomic E-state index is 11.9. The summed E-state index contributed by atoms with van der Waals surface area (Å²) < 4.78 is 5.71. The molecule has 0 N–H and O–H groups in total. The molecule has 1 aliphatic rings. The minimum atomic E-state index is -0.961. The molecule has 26 heavy (non-hydrogen) atoms. The molecule has 2 aromatic rings. The molecular formula is C16H12N4O6. The van der Waals surface area contributed by atoms with Crippen molar-refractivity contribution in [3.05, 3.63) is 79.9 Å². The van der Waals surface area contributed by atoms with E-state index in [0.717, 1.165) is 5.01 Å². The highest BCUT2D eigenvalue weighted by molar-refractivity contribution is 5.96. The van der Waals surface area contributed by atoms with Crippen LogP contribution in [0.15, 0.2) is 53.6 Å². The first-order valence-corrected chi connectivity index (χ1v) is 7.41. The Morgan fingerprint density at radius 3 is 2.31 bits per heavy atom. The normalized spacial score (nSPS) is 16.0. The summed E-state index contributed by atoms with van der Waals surface area (Å²) in [6.45, 7) is 1.29. The largest absolute Gasteiger partial charge is 0.446 e. The molecule has 0 unspecified atom stereocenters. The molecular weight excluding hydrogens is 344 g/mol. The zero-order valence-electron chi connectivity index (χ0n) is 13.4. The van der Waals surface area contributed by atoms with Crippen LogP contribution in [0, 0.1) is 20.2 Å². The molecule has 1 atom stereocenters. The van der Waals surface area contributed by atoms with Crippen molar-refractivity contribution in [1.29, 1.82) is 0 Å². The molecule has 0 radical (unpaired) electrons. The van der Waals surface area contributed by atoms with Crippen LogP contribution in [0.25, 0.3) is 0 Å². The number of benzene rings is 2. The van der Waals surface area contributed by atoms with Gasteiger partial charge in [-0.05, 0) is 12.1 Å². The number of carbonyl (C=O) groups is 1. The zero-order chi connectivity index (χ0) is 18.8. The number of non-ortho nitro benzene ring substituents is 2. The predicted octanol–water partition coefficient (Wildman–Crippen LogP) is 2.74. The lowest BCUT2D eigenvalue weighted by Gasteiger charge is -2.19. The number of carbonyl (C=O) groups excluding carboxylic acids is 1. The molecule has 0 saturated heterocycles. The van der Waals surface area contributed by atoms with Gasteiger partial charge in [0.25, 0.3) is 11.4 Å². The highest BCUT2D eigenvalue weighted by Crippen LogP contribution is 2.32. The van der Waals surface area contributed by atoms with Gasteiger partial charge in [0.1, 0.15) is 0 Å². The van der Waals surface area contributed by atoms with Crippen LogP contribution in [0.4, 0.5) is 11.4 Å². The topological polar surface area (TPSA) is 128 Å². The van der Waals surface area contributed by atoms with E-state index in [0.29, 0.717) is 11.1 Å². The smallest absolute Gasteiger partial charge is 0.269 e. The first-order chi connectivity index (χ1) is 12.4. The zero-order valence-corrected chi connectivity index (χ0v) is 13.4. The number of ether oxygens (including phenoxy) is 1. The van der Waals surface area contributed by atoms with E-state index < -0.39 is 22.0 Å². The van der Waals surface area contributed by atoms with E-state index in [1.54, 1.807) is 6.07 Å². The summed E-state index contributed by atoms with van der Waals surface area (Å²) in [7, 11) is 0. The molecule has 0 spiro atoms. The van der Waals surface area contributed by atoms with Crippen LogP contribution < -0.4 is 0 Å². The van der Waals surface area contributed by atoms with E-state index in [-0.39, 0.29) is 17.3 Å². The molecule has 0 bridgehead atoms. The van der Waals surface area contributed by atoms with E-state index in [1.165, 1.54) is 49.4 Å². The van der Waals surface area contributed by atoms with Gasteiger partial charge < -0.3 is 4.74 Å². The third-order valence-electron chi connectivity index (χ3n) is 3.66. The Labute approximate surface area is 146 Å². The van der Waals surface area contributed by atoms with Gasteiger partial charge in [-0.1, -0.05) is 12.1 Å². The van der Waals surface area contributed by atoms with Gasteiger partial charge in [-0.3, -0.25) is 25.0 Å². The Bertz CT molecular complexity index is 925. The third-order valence-corrected chi connectivity index (χ3v) is 3.66. The number of amides is 1. The van der Waals surface area contributed by atoms with Crippen LogP contribution in [0.2, 0.25) is 0 Å². The molecule has 2 aromatic carbocycles. The van der Waals surface area contributed by atoms with Crippen molar-refractivity contribution in [2.45, 2.75) is 13.2 Å². The highest BCUT2D eigenvalue weighted by Gasteiger charge is 2.33. The summed E-state index contributed by atoms with van der Waals surface area (Å²) in [5.74, 6) is -0.329. The molecule has 10 nitrogen and oxygen atoms in total. The third kappa shape index (κ3) is 3.20. The second kappa shape index (κ2) is 6.59. The van der Waals surface area contributed by atoms with Gasteiger partial charge in [0.2, 0.25) is 18.0 Å². The first kappa shape index (κ1) is 17.0. The average Bonchev–Trinajstić information content (AvgIpc) is 3.07. The number of hydrogen-bond acceptors (Lipinski definition) is 7. The Balaban J connectivity index is 1.93. The molecule has 0 aliphatic carbocycles. The molecule has 1 amide bonds. The van der Waals surface area contributed by atoms with Crippen molar-refractivity contribution in [1.82, 2.24) is 5.01 Å². The molecule has 10 heteroatoms. The van der Waals surface area contributed by atoms with Crippen molar-refractivity contribution in [3.8, 4) is 0 Å². The van der Waals surface area contributed by atoms with Gasteiger partial charge >= 0.3 is 0 Å². The van der Waals surface area contributed by atoms with Gasteiger partial charge in [-0.15, -0.1) is 5.10 Å². The summed E-state index contributed by atoms with van der Waals surface area (Å²) in [5, 5.41) is 26.9. The first-order valence-electron chi connectivity index (χ1n) is 7.41. The molecule has 132 valence electrons. The quantitative estimate of drug-likeness (QED) is 0.612. The Kier molecular flexibility index (Phi) is 4.31. The monoisotopic (exact) mass is 356 g/mol. The maximum Gasteiger partial charge on any atom is 0.269 e. The number of nitro groups is 2. The highest BCUT2D eigenvalue weighted by atomic mass is 16.6. The Hall–Kier alpha value is -3.82. The van der Waals surface area contributed by atoms with Gasteiger partial charge in [0.05, 0.1) is 9.85 Å². The van der Waals surface area contributed by atoms with E-state index >= 15 is 0 Å². The summed E-state index contributed by atoms with van der Waals surface area (Å²) >= 11 is 0.